The fraction of sp³-hybridized carbons (Fsp3) is 0.562. The Morgan fingerprint density at radius 3 is 2.81 bits per heavy atom. The van der Waals surface area contributed by atoms with E-state index in [-0.39, 0.29) is 17.9 Å². The number of aromatic nitrogens is 1. The fourth-order valence-corrected chi connectivity index (χ4v) is 2.54. The van der Waals surface area contributed by atoms with Gasteiger partial charge in [0, 0.05) is 19.3 Å². The lowest BCUT2D eigenvalue weighted by Crippen LogP contribution is -2.57. The maximum Gasteiger partial charge on any atom is 0.273 e. The Morgan fingerprint density at radius 1 is 1.48 bits per heavy atom. The standard InChI is InChI=1S/C16H23N3O2/c1-4-5-14-15(20)17-8-9-19(14)16(21)13-7-6-12(10-18-13)11(2)3/h6-7,10-11,14H,4-5,8-9H2,1-3H3,(H,17,20). The molecule has 1 atom stereocenters. The number of pyridine rings is 1. The third-order valence-corrected chi connectivity index (χ3v) is 3.83. The molecule has 1 aliphatic heterocycles. The van der Waals surface area contributed by atoms with Crippen LogP contribution in [0.25, 0.3) is 0 Å². The summed E-state index contributed by atoms with van der Waals surface area (Å²) in [6, 6.07) is 3.32. The Labute approximate surface area is 125 Å². The quantitative estimate of drug-likeness (QED) is 0.921. The van der Waals surface area contributed by atoms with E-state index in [4.69, 9.17) is 0 Å². The first-order chi connectivity index (χ1) is 10.0. The summed E-state index contributed by atoms with van der Waals surface area (Å²) < 4.78 is 0. The maximum atomic E-state index is 12.6. The van der Waals surface area contributed by atoms with Crippen LogP contribution in [-0.2, 0) is 4.79 Å². The van der Waals surface area contributed by atoms with Crippen molar-refractivity contribution in [3.8, 4) is 0 Å². The zero-order valence-corrected chi connectivity index (χ0v) is 12.9. The first-order valence-corrected chi connectivity index (χ1v) is 7.59. The smallest absolute Gasteiger partial charge is 0.273 e. The van der Waals surface area contributed by atoms with Crippen LogP contribution in [0.3, 0.4) is 0 Å². The third kappa shape index (κ3) is 3.40. The van der Waals surface area contributed by atoms with Gasteiger partial charge in [-0.3, -0.25) is 14.6 Å². The van der Waals surface area contributed by atoms with E-state index in [0.29, 0.717) is 31.1 Å². The Bertz CT molecular complexity index is 511. The van der Waals surface area contributed by atoms with E-state index in [1.54, 1.807) is 17.2 Å². The molecule has 2 heterocycles. The Balaban J connectivity index is 2.18. The molecule has 1 saturated heterocycles. The zero-order chi connectivity index (χ0) is 15.4. The van der Waals surface area contributed by atoms with Crippen LogP contribution in [0, 0.1) is 0 Å². The molecule has 0 aromatic carbocycles. The van der Waals surface area contributed by atoms with E-state index in [0.717, 1.165) is 12.0 Å². The highest BCUT2D eigenvalue weighted by molar-refractivity contribution is 5.96. The van der Waals surface area contributed by atoms with Crippen molar-refractivity contribution < 1.29 is 9.59 Å². The second kappa shape index (κ2) is 6.70. The highest BCUT2D eigenvalue weighted by Crippen LogP contribution is 2.16. The second-order valence-electron chi connectivity index (χ2n) is 5.73. The van der Waals surface area contributed by atoms with Gasteiger partial charge in [-0.2, -0.15) is 0 Å². The van der Waals surface area contributed by atoms with E-state index in [1.165, 1.54) is 0 Å². The van der Waals surface area contributed by atoms with Gasteiger partial charge in [0.2, 0.25) is 5.91 Å². The molecule has 1 unspecified atom stereocenters. The summed E-state index contributed by atoms with van der Waals surface area (Å²) in [6.07, 6.45) is 3.29. The molecule has 0 aliphatic carbocycles. The van der Waals surface area contributed by atoms with Gasteiger partial charge in [0.25, 0.3) is 5.91 Å². The van der Waals surface area contributed by atoms with Gasteiger partial charge >= 0.3 is 0 Å². The van der Waals surface area contributed by atoms with Gasteiger partial charge in [0.15, 0.2) is 0 Å². The summed E-state index contributed by atoms with van der Waals surface area (Å²) in [5.74, 6) is 0.170. The van der Waals surface area contributed by atoms with Gasteiger partial charge in [0.05, 0.1) is 0 Å². The molecule has 5 nitrogen and oxygen atoms in total. The van der Waals surface area contributed by atoms with Crippen molar-refractivity contribution >= 4 is 11.8 Å². The van der Waals surface area contributed by atoms with Crippen LogP contribution in [0.15, 0.2) is 18.3 Å². The van der Waals surface area contributed by atoms with E-state index < -0.39 is 0 Å². The summed E-state index contributed by atoms with van der Waals surface area (Å²) in [4.78, 5) is 30.5. The number of amides is 2. The first kappa shape index (κ1) is 15.5. The van der Waals surface area contributed by atoms with E-state index in [9.17, 15) is 9.59 Å². The minimum absolute atomic E-state index is 0.0600. The van der Waals surface area contributed by atoms with Crippen LogP contribution < -0.4 is 5.32 Å². The highest BCUT2D eigenvalue weighted by atomic mass is 16.2. The van der Waals surface area contributed by atoms with Crippen molar-refractivity contribution in [3.05, 3.63) is 29.6 Å². The summed E-state index contributed by atoms with van der Waals surface area (Å²) in [5.41, 5.74) is 1.52. The molecule has 1 aliphatic rings. The second-order valence-corrected chi connectivity index (χ2v) is 5.73. The van der Waals surface area contributed by atoms with E-state index >= 15 is 0 Å². The van der Waals surface area contributed by atoms with Crippen LogP contribution >= 0.6 is 0 Å². The Kier molecular flexibility index (Phi) is 4.94. The number of carbonyl (C=O) groups is 2. The molecule has 1 N–H and O–H groups in total. The molecule has 2 amide bonds. The molecule has 114 valence electrons. The van der Waals surface area contributed by atoms with Gasteiger partial charge in [-0.05, 0) is 24.0 Å². The third-order valence-electron chi connectivity index (χ3n) is 3.83. The van der Waals surface area contributed by atoms with Crippen molar-refractivity contribution in [1.29, 1.82) is 0 Å². The minimum atomic E-state index is -0.372. The minimum Gasteiger partial charge on any atom is -0.353 e. The molecule has 0 bridgehead atoms. The predicted molar refractivity (Wildman–Crippen MR) is 81.1 cm³/mol. The topological polar surface area (TPSA) is 62.3 Å². The SMILES string of the molecule is CCCC1C(=O)NCCN1C(=O)c1ccc(C(C)C)cn1. The number of rotatable bonds is 4. The lowest BCUT2D eigenvalue weighted by molar-refractivity contribution is -0.128. The summed E-state index contributed by atoms with van der Waals surface area (Å²) in [5, 5.41) is 2.82. The van der Waals surface area contributed by atoms with Crippen LogP contribution in [0.4, 0.5) is 0 Å². The normalized spacial score (nSPS) is 18.8. The fourth-order valence-electron chi connectivity index (χ4n) is 2.54. The molecular formula is C16H23N3O2. The van der Waals surface area contributed by atoms with E-state index in [1.807, 2.05) is 13.0 Å². The molecular weight excluding hydrogens is 266 g/mol. The molecule has 0 spiro atoms. The molecule has 1 fully saturated rings. The molecule has 5 heteroatoms. The predicted octanol–water partition coefficient (Wildman–Crippen LogP) is 1.95. The number of nitrogens with one attached hydrogen (secondary N) is 1. The molecule has 1 aromatic rings. The Morgan fingerprint density at radius 2 is 2.24 bits per heavy atom. The van der Waals surface area contributed by atoms with E-state index in [2.05, 4.69) is 24.1 Å². The molecule has 1 aromatic heterocycles. The van der Waals surface area contributed by atoms with Crippen molar-refractivity contribution in [2.75, 3.05) is 13.1 Å². The van der Waals surface area contributed by atoms with Crippen LogP contribution in [0.2, 0.25) is 0 Å². The van der Waals surface area contributed by atoms with Crippen molar-refractivity contribution in [3.63, 3.8) is 0 Å². The highest BCUT2D eigenvalue weighted by Gasteiger charge is 2.33. The number of hydrogen-bond acceptors (Lipinski definition) is 3. The van der Waals surface area contributed by atoms with Gasteiger partial charge in [-0.1, -0.05) is 33.3 Å². The van der Waals surface area contributed by atoms with Crippen LogP contribution in [0.5, 0.6) is 0 Å². The van der Waals surface area contributed by atoms with Crippen molar-refractivity contribution in [2.24, 2.45) is 0 Å². The number of piperazine rings is 1. The van der Waals surface area contributed by atoms with Crippen LogP contribution in [0.1, 0.15) is 55.6 Å². The van der Waals surface area contributed by atoms with Gasteiger partial charge in [-0.25, -0.2) is 0 Å². The number of carbonyl (C=O) groups excluding carboxylic acids is 2. The summed E-state index contributed by atoms with van der Waals surface area (Å²) >= 11 is 0. The molecule has 2 rings (SSSR count). The maximum absolute atomic E-state index is 12.6. The monoisotopic (exact) mass is 289 g/mol. The largest absolute Gasteiger partial charge is 0.353 e. The van der Waals surface area contributed by atoms with Gasteiger partial charge < -0.3 is 10.2 Å². The van der Waals surface area contributed by atoms with Crippen molar-refractivity contribution in [2.45, 2.75) is 45.6 Å². The first-order valence-electron chi connectivity index (χ1n) is 7.59. The molecule has 21 heavy (non-hydrogen) atoms. The number of hydrogen-bond donors (Lipinski definition) is 1. The molecule has 0 saturated carbocycles. The van der Waals surface area contributed by atoms with Crippen molar-refractivity contribution in [1.82, 2.24) is 15.2 Å². The molecule has 0 radical (unpaired) electrons. The average Bonchev–Trinajstić information content (AvgIpc) is 2.49. The summed E-state index contributed by atoms with van der Waals surface area (Å²) in [6.45, 7) is 7.24. The average molecular weight is 289 g/mol. The van der Waals surface area contributed by atoms with Crippen LogP contribution in [-0.4, -0.2) is 40.8 Å². The lowest BCUT2D eigenvalue weighted by atomic mass is 10.0. The zero-order valence-electron chi connectivity index (χ0n) is 12.9. The Hall–Kier alpha value is -1.91. The lowest BCUT2D eigenvalue weighted by Gasteiger charge is -2.34. The van der Waals surface area contributed by atoms with Gasteiger partial charge in [0.1, 0.15) is 11.7 Å². The van der Waals surface area contributed by atoms with Gasteiger partial charge in [-0.15, -0.1) is 0 Å². The number of nitrogens with zero attached hydrogens (tertiary/aromatic N) is 2. The summed E-state index contributed by atoms with van der Waals surface area (Å²) in [7, 11) is 0.